The number of aryl methyl sites for hydroxylation is 1. The molecule has 0 saturated carbocycles. The highest BCUT2D eigenvalue weighted by atomic mass is 35.5. The molecule has 1 aliphatic rings. The van der Waals surface area contributed by atoms with Crippen molar-refractivity contribution in [2.75, 3.05) is 24.5 Å². The first-order valence-corrected chi connectivity index (χ1v) is 8.12. The normalized spacial score (nSPS) is 15.7. The number of carbonyl (C=O) groups excluding carboxylic acids is 1. The topological polar surface area (TPSA) is 63.1 Å². The molecule has 3 rings (SSSR count). The predicted octanol–water partition coefficient (Wildman–Crippen LogP) is 2.11. The quantitative estimate of drug-likeness (QED) is 0.931. The molecule has 0 aromatic carbocycles. The van der Waals surface area contributed by atoms with E-state index in [1.165, 1.54) is 0 Å². The number of hydrogen-bond acceptors (Lipinski definition) is 4. The summed E-state index contributed by atoms with van der Waals surface area (Å²) in [6, 6.07) is 1.95. The van der Waals surface area contributed by atoms with Crippen molar-refractivity contribution in [2.45, 2.75) is 12.8 Å². The van der Waals surface area contributed by atoms with Gasteiger partial charge in [0.2, 0.25) is 0 Å². The standard InChI is InChI=1S/C16H20ClN5O/c1-21-11-13(9-20-21)16(23)19-8-12-3-6-22(7-4-12)15-2-5-18-10-14(15)17/h2,5,9-12H,3-4,6-8H2,1H3,(H,19,23). The predicted molar refractivity (Wildman–Crippen MR) is 89.7 cm³/mol. The van der Waals surface area contributed by atoms with E-state index in [0.29, 0.717) is 23.0 Å². The molecule has 2 aromatic rings. The van der Waals surface area contributed by atoms with E-state index in [9.17, 15) is 4.79 Å². The molecule has 2 aromatic heterocycles. The van der Waals surface area contributed by atoms with Crippen LogP contribution in [0.3, 0.4) is 0 Å². The zero-order valence-electron chi connectivity index (χ0n) is 13.1. The van der Waals surface area contributed by atoms with Gasteiger partial charge in [-0.3, -0.25) is 14.5 Å². The molecule has 0 bridgehead atoms. The van der Waals surface area contributed by atoms with E-state index in [1.807, 2.05) is 6.07 Å². The van der Waals surface area contributed by atoms with E-state index < -0.39 is 0 Å². The number of aromatic nitrogens is 3. The Hall–Kier alpha value is -2.08. The third-order valence-corrected chi connectivity index (χ3v) is 4.52. The largest absolute Gasteiger partial charge is 0.370 e. The van der Waals surface area contributed by atoms with Crippen molar-refractivity contribution in [1.82, 2.24) is 20.1 Å². The lowest BCUT2D eigenvalue weighted by Crippen LogP contribution is -2.38. The number of nitrogens with one attached hydrogen (secondary N) is 1. The summed E-state index contributed by atoms with van der Waals surface area (Å²) < 4.78 is 1.63. The van der Waals surface area contributed by atoms with Gasteiger partial charge in [0.25, 0.3) is 5.91 Å². The van der Waals surface area contributed by atoms with E-state index in [-0.39, 0.29) is 5.91 Å². The van der Waals surface area contributed by atoms with E-state index in [2.05, 4.69) is 20.3 Å². The lowest BCUT2D eigenvalue weighted by Gasteiger charge is -2.34. The zero-order valence-corrected chi connectivity index (χ0v) is 13.8. The van der Waals surface area contributed by atoms with Crippen LogP contribution in [-0.2, 0) is 7.05 Å². The molecule has 1 amide bonds. The molecule has 0 aliphatic carbocycles. The number of piperidine rings is 1. The number of carbonyl (C=O) groups is 1. The number of rotatable bonds is 4. The summed E-state index contributed by atoms with van der Waals surface area (Å²) in [5.74, 6) is 0.435. The van der Waals surface area contributed by atoms with Crippen LogP contribution in [0.1, 0.15) is 23.2 Å². The van der Waals surface area contributed by atoms with Crippen molar-refractivity contribution < 1.29 is 4.79 Å². The third-order valence-electron chi connectivity index (χ3n) is 4.22. The Morgan fingerprint density at radius 2 is 2.17 bits per heavy atom. The van der Waals surface area contributed by atoms with Gasteiger partial charge in [-0.2, -0.15) is 5.10 Å². The number of hydrogen-bond donors (Lipinski definition) is 1. The van der Waals surface area contributed by atoms with Crippen molar-refractivity contribution in [2.24, 2.45) is 13.0 Å². The molecule has 0 spiro atoms. The van der Waals surface area contributed by atoms with Crippen LogP contribution in [0.2, 0.25) is 5.02 Å². The minimum absolute atomic E-state index is 0.0577. The van der Waals surface area contributed by atoms with Crippen LogP contribution in [0.15, 0.2) is 30.9 Å². The van der Waals surface area contributed by atoms with Crippen LogP contribution < -0.4 is 10.2 Å². The summed E-state index contributed by atoms with van der Waals surface area (Å²) >= 11 is 6.20. The van der Waals surface area contributed by atoms with Gasteiger partial charge in [0, 0.05) is 45.3 Å². The Balaban J connectivity index is 1.48. The fraction of sp³-hybridized carbons (Fsp3) is 0.438. The van der Waals surface area contributed by atoms with Gasteiger partial charge in [0.05, 0.1) is 22.5 Å². The summed E-state index contributed by atoms with van der Waals surface area (Å²) in [5.41, 5.74) is 1.65. The Morgan fingerprint density at radius 1 is 1.39 bits per heavy atom. The summed E-state index contributed by atoms with van der Waals surface area (Å²) in [5, 5.41) is 7.71. The number of halogens is 1. The van der Waals surface area contributed by atoms with Crippen LogP contribution >= 0.6 is 11.6 Å². The number of amides is 1. The first-order chi connectivity index (χ1) is 11.1. The first-order valence-electron chi connectivity index (χ1n) is 7.75. The number of nitrogens with zero attached hydrogens (tertiary/aromatic N) is 4. The molecule has 0 radical (unpaired) electrons. The van der Waals surface area contributed by atoms with Crippen molar-refractivity contribution in [1.29, 1.82) is 0 Å². The lowest BCUT2D eigenvalue weighted by atomic mass is 9.96. The Kier molecular flexibility index (Phi) is 4.81. The maximum absolute atomic E-state index is 12.0. The molecule has 0 unspecified atom stereocenters. The van der Waals surface area contributed by atoms with Crippen molar-refractivity contribution >= 4 is 23.2 Å². The highest BCUT2D eigenvalue weighted by Gasteiger charge is 2.21. The second-order valence-corrected chi connectivity index (χ2v) is 6.28. The van der Waals surface area contributed by atoms with Crippen molar-refractivity contribution in [3.05, 3.63) is 41.4 Å². The van der Waals surface area contributed by atoms with Crippen LogP contribution in [0, 0.1) is 5.92 Å². The molecular weight excluding hydrogens is 314 g/mol. The van der Waals surface area contributed by atoms with Crippen LogP contribution in [0.25, 0.3) is 0 Å². The van der Waals surface area contributed by atoms with E-state index in [4.69, 9.17) is 11.6 Å². The highest BCUT2D eigenvalue weighted by molar-refractivity contribution is 6.33. The fourth-order valence-electron chi connectivity index (χ4n) is 2.88. The first kappa shape index (κ1) is 15.8. The second-order valence-electron chi connectivity index (χ2n) is 5.87. The van der Waals surface area contributed by atoms with Crippen molar-refractivity contribution in [3.63, 3.8) is 0 Å². The Bertz CT molecular complexity index is 679. The van der Waals surface area contributed by atoms with Crippen LogP contribution in [-0.4, -0.2) is 40.3 Å². The summed E-state index contributed by atoms with van der Waals surface area (Å²) in [4.78, 5) is 18.3. The van der Waals surface area contributed by atoms with Gasteiger partial charge < -0.3 is 10.2 Å². The van der Waals surface area contributed by atoms with E-state index in [0.717, 1.165) is 31.6 Å². The summed E-state index contributed by atoms with van der Waals surface area (Å²) in [6.45, 7) is 2.58. The molecule has 1 N–H and O–H groups in total. The summed E-state index contributed by atoms with van der Waals surface area (Å²) in [7, 11) is 1.80. The van der Waals surface area contributed by atoms with Gasteiger partial charge in [-0.15, -0.1) is 0 Å². The van der Waals surface area contributed by atoms with Gasteiger partial charge in [-0.1, -0.05) is 11.6 Å². The molecule has 122 valence electrons. The smallest absolute Gasteiger partial charge is 0.254 e. The highest BCUT2D eigenvalue weighted by Crippen LogP contribution is 2.28. The number of pyridine rings is 1. The summed E-state index contributed by atoms with van der Waals surface area (Å²) in [6.07, 6.45) is 8.82. The van der Waals surface area contributed by atoms with Gasteiger partial charge in [-0.05, 0) is 24.8 Å². The van der Waals surface area contributed by atoms with E-state index >= 15 is 0 Å². The van der Waals surface area contributed by atoms with Crippen LogP contribution in [0.4, 0.5) is 5.69 Å². The Morgan fingerprint density at radius 3 is 2.83 bits per heavy atom. The van der Waals surface area contributed by atoms with Gasteiger partial charge in [0.1, 0.15) is 0 Å². The maximum Gasteiger partial charge on any atom is 0.254 e. The van der Waals surface area contributed by atoms with E-state index in [1.54, 1.807) is 36.5 Å². The van der Waals surface area contributed by atoms with Crippen molar-refractivity contribution in [3.8, 4) is 0 Å². The lowest BCUT2D eigenvalue weighted by molar-refractivity contribution is 0.0945. The zero-order chi connectivity index (χ0) is 16.2. The maximum atomic E-state index is 12.0. The van der Waals surface area contributed by atoms with Gasteiger partial charge in [0.15, 0.2) is 0 Å². The average molecular weight is 334 g/mol. The number of anilines is 1. The minimum atomic E-state index is -0.0577. The fourth-order valence-corrected chi connectivity index (χ4v) is 3.12. The molecule has 0 atom stereocenters. The average Bonchev–Trinajstić information content (AvgIpc) is 3.00. The van der Waals surface area contributed by atoms with Gasteiger partial charge in [-0.25, -0.2) is 0 Å². The molecule has 1 saturated heterocycles. The molecule has 3 heterocycles. The molecule has 23 heavy (non-hydrogen) atoms. The third kappa shape index (κ3) is 3.82. The molecule has 6 nitrogen and oxygen atoms in total. The molecule has 7 heteroatoms. The second kappa shape index (κ2) is 7.00. The molecule has 1 aliphatic heterocycles. The molecule has 1 fully saturated rings. The van der Waals surface area contributed by atoms with Crippen LogP contribution in [0.5, 0.6) is 0 Å². The Labute approximate surface area is 140 Å². The molecular formula is C16H20ClN5O. The van der Waals surface area contributed by atoms with Gasteiger partial charge >= 0.3 is 0 Å². The minimum Gasteiger partial charge on any atom is -0.370 e. The monoisotopic (exact) mass is 333 g/mol. The SMILES string of the molecule is Cn1cc(C(=O)NCC2CCN(c3ccncc3Cl)CC2)cn1.